The Kier molecular flexibility index (Phi) is 7.99. The van der Waals surface area contributed by atoms with Crippen LogP contribution in [0.4, 0.5) is 0 Å². The minimum atomic E-state index is 0.601. The summed E-state index contributed by atoms with van der Waals surface area (Å²) >= 11 is 0. The Labute approximate surface area is 95.6 Å². The van der Waals surface area contributed by atoms with Gasteiger partial charge in [-0.15, -0.1) is 0 Å². The van der Waals surface area contributed by atoms with Gasteiger partial charge in [-0.25, -0.2) is 0 Å². The second-order valence-electron chi connectivity index (χ2n) is 4.84. The highest BCUT2D eigenvalue weighted by Crippen LogP contribution is 2.19. The first-order valence-corrected chi connectivity index (χ1v) is 7.05. The number of hydrogen-bond acceptors (Lipinski definition) is 1. The molecule has 0 aromatic heterocycles. The maximum atomic E-state index is 5.48. The topological polar surface area (TPSA) is 9.23 Å². The van der Waals surface area contributed by atoms with Crippen molar-refractivity contribution in [2.24, 2.45) is 0 Å². The van der Waals surface area contributed by atoms with Crippen molar-refractivity contribution in [3.8, 4) is 0 Å². The Morgan fingerprint density at radius 3 is 1.53 bits per heavy atom. The predicted molar refractivity (Wildman–Crippen MR) is 66.2 cm³/mol. The highest BCUT2D eigenvalue weighted by Gasteiger charge is 2.11. The molecule has 2 aliphatic carbocycles. The smallest absolute Gasteiger partial charge is 0.0575 e. The fraction of sp³-hybridized carbons (Fsp3) is 1.00. The van der Waals surface area contributed by atoms with E-state index in [4.69, 9.17) is 4.74 Å². The molecule has 2 saturated carbocycles. The predicted octanol–water partition coefficient (Wildman–Crippen LogP) is 4.70. The van der Waals surface area contributed by atoms with Crippen molar-refractivity contribution in [2.75, 3.05) is 6.61 Å². The van der Waals surface area contributed by atoms with E-state index in [1.54, 1.807) is 0 Å². The van der Waals surface area contributed by atoms with Gasteiger partial charge in [0.25, 0.3) is 0 Å². The third-order valence-corrected chi connectivity index (χ3v) is 3.45. The maximum absolute atomic E-state index is 5.48. The van der Waals surface area contributed by atoms with Crippen LogP contribution >= 0.6 is 0 Å². The summed E-state index contributed by atoms with van der Waals surface area (Å²) in [5, 5.41) is 0. The molecular formula is C14H28O. The molecule has 0 amide bonds. The van der Waals surface area contributed by atoms with Crippen molar-refractivity contribution in [1.82, 2.24) is 0 Å². The Hall–Kier alpha value is -0.0400. The van der Waals surface area contributed by atoms with E-state index in [1.165, 1.54) is 70.6 Å². The fourth-order valence-electron chi connectivity index (χ4n) is 2.53. The molecule has 1 heteroatoms. The molecule has 0 aromatic rings. The van der Waals surface area contributed by atoms with E-state index in [9.17, 15) is 0 Å². The van der Waals surface area contributed by atoms with Gasteiger partial charge in [-0.2, -0.15) is 0 Å². The first-order chi connectivity index (χ1) is 7.43. The third kappa shape index (κ3) is 6.94. The Morgan fingerprint density at radius 1 is 0.733 bits per heavy atom. The largest absolute Gasteiger partial charge is 0.379 e. The highest BCUT2D eigenvalue weighted by atomic mass is 16.5. The molecule has 0 atom stereocenters. The van der Waals surface area contributed by atoms with Gasteiger partial charge < -0.3 is 4.74 Å². The lowest BCUT2D eigenvalue weighted by atomic mass is 9.98. The quantitative estimate of drug-likeness (QED) is 0.645. The van der Waals surface area contributed by atoms with E-state index in [1.807, 2.05) is 0 Å². The van der Waals surface area contributed by atoms with Crippen molar-refractivity contribution in [3.63, 3.8) is 0 Å². The standard InChI is InChI=1S/C8H16O.C6H12/c1-2-9-8-6-4-3-5-7-8;1-2-4-6-5-3-1/h8H,2-7H2,1H3;1-6H2. The number of ether oxygens (including phenoxy) is 1. The van der Waals surface area contributed by atoms with Crippen molar-refractivity contribution < 1.29 is 4.74 Å². The first-order valence-electron chi connectivity index (χ1n) is 7.05. The van der Waals surface area contributed by atoms with Gasteiger partial charge in [-0.05, 0) is 19.8 Å². The van der Waals surface area contributed by atoms with Gasteiger partial charge in [0.2, 0.25) is 0 Å². The van der Waals surface area contributed by atoms with Crippen molar-refractivity contribution in [2.45, 2.75) is 83.7 Å². The van der Waals surface area contributed by atoms with Gasteiger partial charge in [0.15, 0.2) is 0 Å². The van der Waals surface area contributed by atoms with Gasteiger partial charge in [0.1, 0.15) is 0 Å². The molecule has 0 unspecified atom stereocenters. The SMILES string of the molecule is C1CCCCC1.CCOC1CCCCC1. The van der Waals surface area contributed by atoms with E-state index >= 15 is 0 Å². The Bertz CT molecular complexity index is 109. The van der Waals surface area contributed by atoms with Crippen molar-refractivity contribution in [3.05, 3.63) is 0 Å². The summed E-state index contributed by atoms with van der Waals surface area (Å²) in [6.07, 6.45) is 16.4. The zero-order chi connectivity index (χ0) is 10.8. The van der Waals surface area contributed by atoms with Crippen LogP contribution in [0.15, 0.2) is 0 Å². The average Bonchev–Trinajstić information content (AvgIpc) is 2.34. The van der Waals surface area contributed by atoms with Crippen LogP contribution in [0, 0.1) is 0 Å². The Morgan fingerprint density at radius 2 is 1.13 bits per heavy atom. The molecule has 0 saturated heterocycles. The number of hydrogen-bond donors (Lipinski definition) is 0. The minimum absolute atomic E-state index is 0.601. The third-order valence-electron chi connectivity index (χ3n) is 3.45. The molecule has 0 heterocycles. The summed E-state index contributed by atoms with van der Waals surface area (Å²) in [6.45, 7) is 2.97. The molecular weight excluding hydrogens is 184 g/mol. The second kappa shape index (κ2) is 9.21. The van der Waals surface area contributed by atoms with Crippen LogP contribution in [0.5, 0.6) is 0 Å². The molecule has 15 heavy (non-hydrogen) atoms. The molecule has 0 aromatic carbocycles. The molecule has 0 radical (unpaired) electrons. The zero-order valence-electron chi connectivity index (χ0n) is 10.5. The van der Waals surface area contributed by atoms with Crippen LogP contribution in [0.2, 0.25) is 0 Å². The summed E-state index contributed by atoms with van der Waals surface area (Å²) < 4.78 is 5.48. The first kappa shape index (κ1) is 13.0. The molecule has 0 N–H and O–H groups in total. The van der Waals surface area contributed by atoms with Crippen molar-refractivity contribution >= 4 is 0 Å². The van der Waals surface area contributed by atoms with Crippen LogP contribution in [-0.2, 0) is 4.74 Å². The molecule has 2 aliphatic rings. The molecule has 2 rings (SSSR count). The maximum Gasteiger partial charge on any atom is 0.0575 e. The summed E-state index contributed by atoms with van der Waals surface area (Å²) in [5.74, 6) is 0. The lowest BCUT2D eigenvalue weighted by Gasteiger charge is -2.20. The Balaban J connectivity index is 0.000000162. The van der Waals surface area contributed by atoms with Gasteiger partial charge in [-0.3, -0.25) is 0 Å². The second-order valence-corrected chi connectivity index (χ2v) is 4.84. The summed E-state index contributed by atoms with van der Waals surface area (Å²) in [6, 6.07) is 0. The van der Waals surface area contributed by atoms with Crippen LogP contribution in [0.25, 0.3) is 0 Å². The number of rotatable bonds is 2. The molecule has 0 spiro atoms. The molecule has 90 valence electrons. The van der Waals surface area contributed by atoms with Gasteiger partial charge >= 0.3 is 0 Å². The van der Waals surface area contributed by atoms with Crippen molar-refractivity contribution in [1.29, 1.82) is 0 Å². The highest BCUT2D eigenvalue weighted by molar-refractivity contribution is 4.64. The van der Waals surface area contributed by atoms with Crippen LogP contribution in [0.1, 0.15) is 77.6 Å². The van der Waals surface area contributed by atoms with Gasteiger partial charge in [0.05, 0.1) is 6.10 Å². The normalized spacial score (nSPS) is 23.0. The molecule has 0 aliphatic heterocycles. The van der Waals surface area contributed by atoms with Crippen LogP contribution < -0.4 is 0 Å². The van der Waals surface area contributed by atoms with Gasteiger partial charge in [-0.1, -0.05) is 57.8 Å². The average molecular weight is 212 g/mol. The lowest BCUT2D eigenvalue weighted by molar-refractivity contribution is 0.0368. The van der Waals surface area contributed by atoms with E-state index in [2.05, 4.69) is 6.92 Å². The van der Waals surface area contributed by atoms with E-state index in [-0.39, 0.29) is 0 Å². The lowest BCUT2D eigenvalue weighted by Crippen LogP contribution is -2.15. The van der Waals surface area contributed by atoms with Crippen LogP contribution in [0.3, 0.4) is 0 Å². The summed E-state index contributed by atoms with van der Waals surface area (Å²) in [5.41, 5.74) is 0. The summed E-state index contributed by atoms with van der Waals surface area (Å²) in [4.78, 5) is 0. The van der Waals surface area contributed by atoms with E-state index in [0.29, 0.717) is 6.10 Å². The molecule has 2 fully saturated rings. The molecule has 1 nitrogen and oxygen atoms in total. The molecule has 0 bridgehead atoms. The van der Waals surface area contributed by atoms with E-state index in [0.717, 1.165) is 6.61 Å². The van der Waals surface area contributed by atoms with Crippen LogP contribution in [-0.4, -0.2) is 12.7 Å². The minimum Gasteiger partial charge on any atom is -0.379 e. The summed E-state index contributed by atoms with van der Waals surface area (Å²) in [7, 11) is 0. The monoisotopic (exact) mass is 212 g/mol. The van der Waals surface area contributed by atoms with E-state index < -0.39 is 0 Å². The van der Waals surface area contributed by atoms with Gasteiger partial charge in [0, 0.05) is 6.61 Å². The fourth-order valence-corrected chi connectivity index (χ4v) is 2.53. The zero-order valence-corrected chi connectivity index (χ0v) is 10.5.